The number of aromatic amines is 1. The molecule has 156 valence electrons. The minimum Gasteiger partial charge on any atom is -0.497 e. The van der Waals surface area contributed by atoms with Gasteiger partial charge in [-0.25, -0.2) is 9.18 Å². The van der Waals surface area contributed by atoms with Crippen molar-refractivity contribution in [1.82, 2.24) is 9.88 Å². The van der Waals surface area contributed by atoms with Crippen LogP contribution in [0.2, 0.25) is 5.02 Å². The lowest BCUT2D eigenvalue weighted by molar-refractivity contribution is 0.212. The maximum absolute atomic E-state index is 13.7. The van der Waals surface area contributed by atoms with Gasteiger partial charge in [0, 0.05) is 24.7 Å². The molecule has 5 nitrogen and oxygen atoms in total. The van der Waals surface area contributed by atoms with E-state index in [2.05, 4.69) is 28.5 Å². The zero-order valence-corrected chi connectivity index (χ0v) is 17.5. The summed E-state index contributed by atoms with van der Waals surface area (Å²) in [5.41, 5.74) is 5.51. The summed E-state index contributed by atoms with van der Waals surface area (Å²) in [7, 11) is 1.65. The van der Waals surface area contributed by atoms with Gasteiger partial charge in [-0.15, -0.1) is 0 Å². The Morgan fingerprint density at radius 2 is 1.90 bits per heavy atom. The van der Waals surface area contributed by atoms with Crippen LogP contribution in [0.1, 0.15) is 11.1 Å². The highest BCUT2D eigenvalue weighted by Gasteiger charge is 2.24. The topological polar surface area (TPSA) is 57.4 Å². The summed E-state index contributed by atoms with van der Waals surface area (Å²) in [6, 6.07) is 16.7. The summed E-state index contributed by atoms with van der Waals surface area (Å²) in [6.45, 7) is 1.04. The number of ether oxygens (including phenoxy) is 1. The van der Waals surface area contributed by atoms with E-state index >= 15 is 0 Å². The van der Waals surface area contributed by atoms with Crippen molar-refractivity contribution in [2.45, 2.75) is 13.1 Å². The van der Waals surface area contributed by atoms with Gasteiger partial charge in [0.1, 0.15) is 11.6 Å². The van der Waals surface area contributed by atoms with E-state index in [-0.39, 0.29) is 11.1 Å². The van der Waals surface area contributed by atoms with Crippen LogP contribution in [0.25, 0.3) is 22.0 Å². The van der Waals surface area contributed by atoms with Crippen molar-refractivity contribution in [2.24, 2.45) is 0 Å². The van der Waals surface area contributed by atoms with Crippen LogP contribution in [0, 0.1) is 5.82 Å². The Labute approximate surface area is 183 Å². The standard InChI is InChI=1S/C24H19ClFN3O2/c1-31-18-4-2-3-14(8-18)15-5-6-16-12-29(13-17(16)7-15)24(30)28-23-11-27-22-10-21(26)20(25)9-19(22)23/h2-11,27H,12-13H2,1H3,(H,28,30). The number of aromatic nitrogens is 1. The second kappa shape index (κ2) is 7.63. The molecule has 0 fully saturated rings. The van der Waals surface area contributed by atoms with Crippen molar-refractivity contribution in [1.29, 1.82) is 0 Å². The third kappa shape index (κ3) is 3.59. The number of anilines is 1. The van der Waals surface area contributed by atoms with E-state index in [0.717, 1.165) is 28.0 Å². The lowest BCUT2D eigenvalue weighted by Gasteiger charge is -2.16. The van der Waals surface area contributed by atoms with Gasteiger partial charge in [-0.2, -0.15) is 0 Å². The molecule has 31 heavy (non-hydrogen) atoms. The fourth-order valence-electron chi connectivity index (χ4n) is 3.93. The molecule has 0 saturated heterocycles. The van der Waals surface area contributed by atoms with E-state index in [4.69, 9.17) is 16.3 Å². The Morgan fingerprint density at radius 3 is 2.74 bits per heavy atom. The predicted molar refractivity (Wildman–Crippen MR) is 120 cm³/mol. The average molecular weight is 436 g/mol. The van der Waals surface area contributed by atoms with Crippen LogP contribution >= 0.6 is 11.6 Å². The molecule has 0 spiro atoms. The lowest BCUT2D eigenvalue weighted by atomic mass is 10.0. The molecule has 0 unspecified atom stereocenters. The monoisotopic (exact) mass is 435 g/mol. The first-order valence-electron chi connectivity index (χ1n) is 9.80. The molecule has 0 aliphatic carbocycles. The summed E-state index contributed by atoms with van der Waals surface area (Å²) >= 11 is 5.91. The normalized spacial score (nSPS) is 12.8. The highest BCUT2D eigenvalue weighted by atomic mass is 35.5. The molecule has 2 heterocycles. The molecule has 1 aromatic heterocycles. The molecule has 1 aliphatic rings. The van der Waals surface area contributed by atoms with Gasteiger partial charge >= 0.3 is 6.03 Å². The molecule has 0 radical (unpaired) electrons. The van der Waals surface area contributed by atoms with E-state index in [1.54, 1.807) is 18.2 Å². The van der Waals surface area contributed by atoms with E-state index in [0.29, 0.717) is 29.7 Å². The predicted octanol–water partition coefficient (Wildman–Crippen LogP) is 6.18. The molecule has 0 atom stereocenters. The van der Waals surface area contributed by atoms with Crippen LogP contribution in [0.5, 0.6) is 5.75 Å². The van der Waals surface area contributed by atoms with E-state index < -0.39 is 5.82 Å². The van der Waals surface area contributed by atoms with Crippen molar-refractivity contribution in [3.8, 4) is 16.9 Å². The summed E-state index contributed by atoms with van der Waals surface area (Å²) in [6.07, 6.45) is 1.64. The van der Waals surface area contributed by atoms with Crippen molar-refractivity contribution in [3.05, 3.63) is 82.8 Å². The zero-order valence-electron chi connectivity index (χ0n) is 16.7. The fraction of sp³-hybridized carbons (Fsp3) is 0.125. The van der Waals surface area contributed by atoms with Crippen LogP contribution in [0.15, 0.2) is 60.8 Å². The molecule has 2 N–H and O–H groups in total. The minimum absolute atomic E-state index is 0.0150. The zero-order chi connectivity index (χ0) is 21.5. The molecule has 1 aliphatic heterocycles. The largest absolute Gasteiger partial charge is 0.497 e. The smallest absolute Gasteiger partial charge is 0.322 e. The van der Waals surface area contributed by atoms with Crippen molar-refractivity contribution >= 4 is 34.2 Å². The molecule has 0 bridgehead atoms. The first kappa shape index (κ1) is 19.5. The van der Waals surface area contributed by atoms with Crippen molar-refractivity contribution in [3.63, 3.8) is 0 Å². The molecule has 7 heteroatoms. The maximum Gasteiger partial charge on any atom is 0.322 e. The number of benzene rings is 3. The van der Waals surface area contributed by atoms with Crippen molar-refractivity contribution < 1.29 is 13.9 Å². The Morgan fingerprint density at radius 1 is 1.10 bits per heavy atom. The van der Waals surface area contributed by atoms with E-state index in [9.17, 15) is 9.18 Å². The Kier molecular flexibility index (Phi) is 4.79. The number of carbonyl (C=O) groups is 1. The lowest BCUT2D eigenvalue weighted by Crippen LogP contribution is -2.30. The molecule has 4 aromatic rings. The number of halogens is 2. The summed E-state index contributed by atoms with van der Waals surface area (Å²) in [4.78, 5) is 17.6. The molecule has 5 rings (SSSR count). The average Bonchev–Trinajstić information content (AvgIpc) is 3.38. The number of hydrogen-bond acceptors (Lipinski definition) is 2. The second-order valence-electron chi connectivity index (χ2n) is 7.52. The molecule has 2 amide bonds. The van der Waals surface area contributed by atoms with Crippen LogP contribution in [-0.2, 0) is 13.1 Å². The Bertz CT molecular complexity index is 1320. The SMILES string of the molecule is COc1cccc(-c2ccc3c(c2)CN(C(=O)Nc2c[nH]c4cc(F)c(Cl)cc24)C3)c1. The third-order valence-electron chi connectivity index (χ3n) is 5.58. The van der Waals surface area contributed by atoms with Gasteiger partial charge in [0.2, 0.25) is 0 Å². The Balaban J connectivity index is 1.35. The number of urea groups is 1. The highest BCUT2D eigenvalue weighted by molar-refractivity contribution is 6.31. The molecule has 3 aromatic carbocycles. The number of H-pyrrole nitrogens is 1. The van der Waals surface area contributed by atoms with Crippen LogP contribution in [0.3, 0.4) is 0 Å². The second-order valence-corrected chi connectivity index (χ2v) is 7.92. The van der Waals surface area contributed by atoms with Gasteiger partial charge < -0.3 is 19.9 Å². The van der Waals surface area contributed by atoms with Gasteiger partial charge in [0.05, 0.1) is 23.3 Å². The van der Waals surface area contributed by atoms with Crippen LogP contribution in [0.4, 0.5) is 14.9 Å². The molecule has 0 saturated carbocycles. The van der Waals surface area contributed by atoms with Gasteiger partial charge in [-0.3, -0.25) is 0 Å². The number of nitrogens with zero attached hydrogens (tertiary/aromatic N) is 1. The number of rotatable bonds is 3. The number of fused-ring (bicyclic) bond motifs is 2. The van der Waals surface area contributed by atoms with Crippen molar-refractivity contribution in [2.75, 3.05) is 12.4 Å². The number of amides is 2. The minimum atomic E-state index is -0.504. The number of methoxy groups -OCH3 is 1. The number of carbonyl (C=O) groups excluding carboxylic acids is 1. The number of nitrogens with one attached hydrogen (secondary N) is 2. The van der Waals surface area contributed by atoms with Gasteiger partial charge in [-0.1, -0.05) is 35.9 Å². The number of hydrogen-bond donors (Lipinski definition) is 2. The highest BCUT2D eigenvalue weighted by Crippen LogP contribution is 2.32. The van der Waals surface area contributed by atoms with Gasteiger partial charge in [0.15, 0.2) is 0 Å². The molecular weight excluding hydrogens is 417 g/mol. The first-order chi connectivity index (χ1) is 15.0. The third-order valence-corrected chi connectivity index (χ3v) is 5.87. The first-order valence-corrected chi connectivity index (χ1v) is 10.2. The Hall–Kier alpha value is -3.51. The summed E-state index contributed by atoms with van der Waals surface area (Å²) in [5, 5.41) is 3.59. The van der Waals surface area contributed by atoms with Crippen LogP contribution < -0.4 is 10.1 Å². The van der Waals surface area contributed by atoms with E-state index in [1.165, 1.54) is 12.1 Å². The van der Waals surface area contributed by atoms with Crippen LogP contribution in [-0.4, -0.2) is 23.0 Å². The fourth-order valence-corrected chi connectivity index (χ4v) is 4.10. The van der Waals surface area contributed by atoms with Gasteiger partial charge in [0.25, 0.3) is 0 Å². The van der Waals surface area contributed by atoms with Gasteiger partial charge in [-0.05, 0) is 52.6 Å². The molecular formula is C24H19ClFN3O2. The van der Waals surface area contributed by atoms with E-state index in [1.807, 2.05) is 24.3 Å². The maximum atomic E-state index is 13.7. The quantitative estimate of drug-likeness (QED) is 0.403. The summed E-state index contributed by atoms with van der Waals surface area (Å²) < 4.78 is 19.0. The summed E-state index contributed by atoms with van der Waals surface area (Å²) in [5.74, 6) is 0.299.